The molecule has 15 nitrogen and oxygen atoms in total. The second-order valence-electron chi connectivity index (χ2n) is 36.4. The summed E-state index contributed by atoms with van der Waals surface area (Å²) in [4.78, 5) is 46.0. The van der Waals surface area contributed by atoms with Crippen LogP contribution in [-0.4, -0.2) is 72.3 Å². The predicted octanol–water partition coefficient (Wildman–Crippen LogP) is 33.2. The summed E-state index contributed by atoms with van der Waals surface area (Å²) in [5.41, 5.74) is 21.4. The number of hydrogen-bond acceptors (Lipinski definition) is 9. The molecule has 0 unspecified atom stereocenters. The SMILES string of the molecule is [2H]c1c([2H])c([2H])c(-n2c3ccccc3c3c4c5ccccc5n(-c5nc(-c6ccccc6)nc(-c6ccc(-c7ccccc7)cc6)n5)c4ccc32)c([2H])c1[2H].[2H]c1c([2H])c([2H])c(-n2c3ccccc3c3c4c5ccccc5n(-c5nc(-c6ccccc6)nc(-c6cccc(-c7ccccc7)c6)n5)c4ccc32)c([2H])c1[2H].[2H]c1c([2H])c([2H])c(-n2c3ccccc3c3cc4c(cc32)c2ccccc2n4-c2nc(-c3ccccc3)nc(-c3ccccc3-c3ccccc3)n2)c([2H])c1[2H]. The van der Waals surface area contributed by atoms with Crippen LogP contribution in [-0.2, 0) is 0 Å². The summed E-state index contributed by atoms with van der Waals surface area (Å²) in [5, 5.41) is 10.9. The third-order valence-corrected chi connectivity index (χ3v) is 27.8. The van der Waals surface area contributed by atoms with E-state index in [-0.39, 0.29) is 89.6 Å². The quantitative estimate of drug-likeness (QED) is 0.0979. The molecule has 30 aromatic rings. The highest BCUT2D eigenvalue weighted by Crippen LogP contribution is 2.48. The first kappa shape index (κ1) is 72.7. The molecule has 0 saturated carbocycles. The van der Waals surface area contributed by atoms with E-state index in [2.05, 4.69) is 123 Å². The maximum absolute atomic E-state index is 8.90. The van der Waals surface area contributed by atoms with Crippen LogP contribution in [0.5, 0.6) is 0 Å². The monoisotopic (exact) mass is 1930 g/mol. The molecule has 9 heterocycles. The smallest absolute Gasteiger partial charge is 0.238 e. The number of aromatic nitrogens is 15. The molecule has 15 heteroatoms. The number of benzene rings is 21. The van der Waals surface area contributed by atoms with Gasteiger partial charge in [0, 0.05) is 115 Å². The maximum Gasteiger partial charge on any atom is 0.238 e. The van der Waals surface area contributed by atoms with Crippen LogP contribution in [0.1, 0.15) is 20.6 Å². The van der Waals surface area contributed by atoms with Crippen molar-refractivity contribution >= 4 is 131 Å². The number of fused-ring (bicyclic) bond motifs is 20. The van der Waals surface area contributed by atoms with E-state index in [1.807, 2.05) is 328 Å². The highest BCUT2D eigenvalue weighted by atomic mass is 15.2. The van der Waals surface area contributed by atoms with E-state index in [1.54, 1.807) is 13.7 Å². The Labute approximate surface area is 882 Å². The van der Waals surface area contributed by atoms with Crippen molar-refractivity contribution in [2.45, 2.75) is 0 Å². The van der Waals surface area contributed by atoms with E-state index in [0.29, 0.717) is 63.8 Å². The Morgan fingerprint density at radius 1 is 0.140 bits per heavy atom. The maximum atomic E-state index is 8.90. The lowest BCUT2D eigenvalue weighted by molar-refractivity contribution is 0.953. The van der Waals surface area contributed by atoms with Crippen molar-refractivity contribution in [3.05, 3.63) is 527 Å². The number of hydrogen-bond donors (Lipinski definition) is 0. The van der Waals surface area contributed by atoms with Crippen LogP contribution in [0, 0.1) is 0 Å². The van der Waals surface area contributed by atoms with Crippen LogP contribution in [0.25, 0.3) is 267 Å². The van der Waals surface area contributed by atoms with Gasteiger partial charge in [0.2, 0.25) is 17.8 Å². The van der Waals surface area contributed by atoms with Crippen molar-refractivity contribution < 1.29 is 20.6 Å². The normalized spacial score (nSPS) is 13.0. The minimum Gasteiger partial charge on any atom is -0.309 e. The van der Waals surface area contributed by atoms with Crippen LogP contribution >= 0.6 is 0 Å². The van der Waals surface area contributed by atoms with Gasteiger partial charge in [-0.05, 0) is 148 Å². The molecule has 0 saturated heterocycles. The summed E-state index contributed by atoms with van der Waals surface area (Å²) < 4.78 is 140. The highest BCUT2D eigenvalue weighted by molar-refractivity contribution is 6.31. The molecule has 0 fully saturated rings. The molecular formula is C135H87N15. The molecule has 0 atom stereocenters. The Morgan fingerprint density at radius 2 is 0.380 bits per heavy atom. The zero-order valence-corrected chi connectivity index (χ0v) is 79.8. The lowest BCUT2D eigenvalue weighted by Crippen LogP contribution is -2.06. The fourth-order valence-electron chi connectivity index (χ4n) is 21.3. The predicted molar refractivity (Wildman–Crippen MR) is 614 cm³/mol. The largest absolute Gasteiger partial charge is 0.309 e. The third-order valence-electron chi connectivity index (χ3n) is 27.8. The van der Waals surface area contributed by atoms with E-state index >= 15 is 0 Å². The van der Waals surface area contributed by atoms with E-state index in [1.165, 1.54) is 0 Å². The lowest BCUT2D eigenvalue weighted by Gasteiger charge is -2.13. The Balaban J connectivity index is 0.000000116. The number of rotatable bonds is 15. The molecule has 21 aromatic carbocycles. The average Bonchev–Trinajstić information content (AvgIpc) is 1.54. The molecule has 0 aliphatic carbocycles. The van der Waals surface area contributed by atoms with Crippen molar-refractivity contribution in [3.8, 4) is 137 Å². The fraction of sp³-hybridized carbons (Fsp3) is 0. The van der Waals surface area contributed by atoms with Gasteiger partial charge < -0.3 is 13.7 Å². The second-order valence-corrected chi connectivity index (χ2v) is 36.4. The lowest BCUT2D eigenvalue weighted by atomic mass is 9.99. The van der Waals surface area contributed by atoms with Crippen molar-refractivity contribution in [2.24, 2.45) is 0 Å². The second kappa shape index (κ2) is 37.0. The number of para-hydroxylation sites is 9. The van der Waals surface area contributed by atoms with Crippen molar-refractivity contribution in [1.82, 2.24) is 72.3 Å². The first-order chi connectivity index (χ1) is 80.7. The van der Waals surface area contributed by atoms with Gasteiger partial charge in [0.1, 0.15) is 0 Å². The van der Waals surface area contributed by atoms with E-state index in [9.17, 15) is 0 Å². The molecule has 0 amide bonds. The van der Waals surface area contributed by atoms with Gasteiger partial charge in [0.25, 0.3) is 0 Å². The van der Waals surface area contributed by atoms with E-state index in [0.717, 1.165) is 187 Å². The van der Waals surface area contributed by atoms with Gasteiger partial charge in [-0.1, -0.05) is 412 Å². The Kier molecular flexibility index (Phi) is 17.9. The minimum atomic E-state index is -0.428. The third kappa shape index (κ3) is 15.2. The molecule has 9 aromatic heterocycles. The Morgan fingerprint density at radius 3 is 0.773 bits per heavy atom. The van der Waals surface area contributed by atoms with Crippen LogP contribution in [0.3, 0.4) is 0 Å². The molecule has 0 bridgehead atoms. The van der Waals surface area contributed by atoms with E-state index < -0.39 is 18.1 Å². The van der Waals surface area contributed by atoms with Crippen molar-refractivity contribution in [3.63, 3.8) is 0 Å². The van der Waals surface area contributed by atoms with Crippen molar-refractivity contribution in [2.75, 3.05) is 0 Å². The summed E-state index contributed by atoms with van der Waals surface area (Å²) in [6.07, 6.45) is 0. The molecule has 150 heavy (non-hydrogen) atoms. The van der Waals surface area contributed by atoms with Crippen molar-refractivity contribution in [1.29, 1.82) is 0 Å². The van der Waals surface area contributed by atoms with Gasteiger partial charge in [-0.2, -0.15) is 29.9 Å². The van der Waals surface area contributed by atoms with Gasteiger partial charge in [-0.15, -0.1) is 0 Å². The Hall–Kier alpha value is -20.6. The molecule has 30 rings (SSSR count). The van der Waals surface area contributed by atoms with Gasteiger partial charge >= 0.3 is 0 Å². The summed E-state index contributed by atoms with van der Waals surface area (Å²) in [6.45, 7) is 0. The Bertz CT molecular complexity index is 11400. The fourth-order valence-corrected chi connectivity index (χ4v) is 21.3. The van der Waals surface area contributed by atoms with Gasteiger partial charge in [-0.3, -0.25) is 13.7 Å². The molecule has 0 aliphatic rings. The molecule has 0 N–H and O–H groups in total. The van der Waals surface area contributed by atoms with Gasteiger partial charge in [-0.25, -0.2) is 15.0 Å². The summed E-state index contributed by atoms with van der Waals surface area (Å²) in [7, 11) is 0. The minimum absolute atomic E-state index is 0.104. The zero-order valence-electron chi connectivity index (χ0n) is 94.8. The van der Waals surface area contributed by atoms with Crippen LogP contribution in [0.15, 0.2) is 527 Å². The first-order valence-electron chi connectivity index (χ1n) is 56.7. The topological polar surface area (TPSA) is 146 Å². The standard InChI is InChI=1S/3C45H29N5/c1-4-15-30(16-5-1)32-19-14-20-33(29-32)44-46-43(31-17-6-2-7-18-31)47-45(48-44)50-38-26-13-11-24-36(38)42-40(50)28-27-39-41(42)35-23-10-12-25-37(35)49(39)34-21-8-3-9-22-34;1-4-14-30(15-5-1)31-24-26-33(27-25-31)44-46-43(32-16-6-2-7-17-32)47-45(48-44)50-38-23-13-11-21-36(38)42-40(50)29-28-39-41(42)35-20-10-12-22-37(35)49(39)34-18-8-3-9-19-34;1-4-16-30(17-5-1)33-22-10-11-25-36(33)44-46-43(31-18-6-2-7-19-31)47-45(48-44)50-40-27-15-13-24-35(40)38-28-41-37(29-42(38)50)34-23-12-14-26-39(34)49(41)32-20-8-3-9-21-32/h3*1-29H/i3D,8D,9D,21D,22D;3D,8D,9D,18D,19D;3D,8D,9D,20D,21D. The molecule has 702 valence electrons. The van der Waals surface area contributed by atoms with Gasteiger partial charge in [0.15, 0.2) is 34.9 Å². The summed E-state index contributed by atoms with van der Waals surface area (Å²) in [6, 6.07) is 140. The molecule has 0 radical (unpaired) electrons. The van der Waals surface area contributed by atoms with Gasteiger partial charge in [0.05, 0.1) is 86.8 Å². The summed E-state index contributed by atoms with van der Waals surface area (Å²) >= 11 is 0. The first-order valence-corrected chi connectivity index (χ1v) is 49.2. The van der Waals surface area contributed by atoms with Crippen LogP contribution < -0.4 is 0 Å². The zero-order chi connectivity index (χ0) is 112. The van der Waals surface area contributed by atoms with E-state index in [4.69, 9.17) is 65.4 Å². The molecule has 0 aliphatic heterocycles. The highest BCUT2D eigenvalue weighted by Gasteiger charge is 2.29. The average molecular weight is 1930 g/mol. The summed E-state index contributed by atoms with van der Waals surface area (Å²) in [5.74, 6) is 4.57. The number of nitrogens with zero attached hydrogens (tertiary/aromatic N) is 15. The van der Waals surface area contributed by atoms with Crippen LogP contribution in [0.4, 0.5) is 0 Å². The molecule has 0 spiro atoms. The van der Waals surface area contributed by atoms with Crippen LogP contribution in [0.2, 0.25) is 0 Å². The molecular weight excluding hydrogens is 1830 g/mol.